The summed E-state index contributed by atoms with van der Waals surface area (Å²) in [5.74, 6) is -0.734. The van der Waals surface area contributed by atoms with Crippen molar-refractivity contribution in [1.82, 2.24) is 9.47 Å². The van der Waals surface area contributed by atoms with E-state index in [9.17, 15) is 14.4 Å². The number of aromatic nitrogens is 1. The third-order valence-corrected chi connectivity index (χ3v) is 6.35. The molecule has 1 saturated heterocycles. The van der Waals surface area contributed by atoms with Gasteiger partial charge in [-0.1, -0.05) is 41.9 Å². The lowest BCUT2D eigenvalue weighted by molar-refractivity contribution is -0.160. The highest BCUT2D eigenvalue weighted by Gasteiger charge is 2.28. The van der Waals surface area contributed by atoms with Gasteiger partial charge < -0.3 is 14.1 Å². The Morgan fingerprint density at radius 1 is 1.15 bits per heavy atom. The molecule has 0 aliphatic carbocycles. The van der Waals surface area contributed by atoms with E-state index in [0.717, 1.165) is 19.3 Å². The number of carbonyl (C=O) groups excluding carboxylic acids is 2. The lowest BCUT2D eigenvalue weighted by Gasteiger charge is -2.33. The zero-order chi connectivity index (χ0) is 23.4. The van der Waals surface area contributed by atoms with E-state index < -0.39 is 17.8 Å². The fourth-order valence-corrected chi connectivity index (χ4v) is 4.49. The fraction of sp³-hybridized carbons (Fsp3) is 0.400. The van der Waals surface area contributed by atoms with Crippen LogP contribution in [-0.4, -0.2) is 40.5 Å². The Bertz CT molecular complexity index is 1180. The molecule has 0 saturated carbocycles. The second-order valence-electron chi connectivity index (χ2n) is 8.47. The molecule has 1 aromatic heterocycles. The van der Waals surface area contributed by atoms with Crippen molar-refractivity contribution in [2.24, 2.45) is 5.92 Å². The van der Waals surface area contributed by atoms with Crippen molar-refractivity contribution < 1.29 is 18.7 Å². The number of aryl methyl sites for hydroxylation is 1. The van der Waals surface area contributed by atoms with Crippen LogP contribution in [0.2, 0.25) is 5.02 Å². The average molecular weight is 471 g/mol. The van der Waals surface area contributed by atoms with E-state index in [1.54, 1.807) is 30.0 Å². The number of rotatable bonds is 7. The summed E-state index contributed by atoms with van der Waals surface area (Å²) >= 11 is 5.92. The quantitative estimate of drug-likeness (QED) is 0.486. The first-order valence-electron chi connectivity index (χ1n) is 11.2. The van der Waals surface area contributed by atoms with Gasteiger partial charge in [0.1, 0.15) is 0 Å². The molecule has 1 fully saturated rings. The van der Waals surface area contributed by atoms with E-state index in [0.29, 0.717) is 35.1 Å². The van der Waals surface area contributed by atoms with Crippen molar-refractivity contribution in [2.75, 3.05) is 13.1 Å². The maximum Gasteiger partial charge on any atom is 0.419 e. The van der Waals surface area contributed by atoms with Crippen LogP contribution < -0.4 is 5.76 Å². The van der Waals surface area contributed by atoms with Crippen molar-refractivity contribution in [2.45, 2.75) is 45.3 Å². The minimum Gasteiger partial charge on any atom is -0.452 e. The third-order valence-electron chi connectivity index (χ3n) is 6.12. The molecule has 2 aromatic carbocycles. The Hall–Kier alpha value is -3.06. The molecule has 7 nitrogen and oxygen atoms in total. The van der Waals surface area contributed by atoms with Gasteiger partial charge in [0.05, 0.1) is 11.9 Å². The Labute approximate surface area is 196 Å². The fourth-order valence-electron chi connectivity index (χ4n) is 4.32. The number of esters is 1. The minimum absolute atomic E-state index is 0.0477. The second-order valence-corrected chi connectivity index (χ2v) is 8.91. The summed E-state index contributed by atoms with van der Waals surface area (Å²) in [6.45, 7) is 3.02. The normalized spacial score (nSPS) is 15.5. The van der Waals surface area contributed by atoms with E-state index in [-0.39, 0.29) is 18.9 Å². The molecule has 33 heavy (non-hydrogen) atoms. The van der Waals surface area contributed by atoms with Crippen molar-refractivity contribution >= 4 is 34.6 Å². The van der Waals surface area contributed by atoms with Crippen LogP contribution in [0, 0.1) is 5.92 Å². The number of nitrogens with zero attached hydrogens (tertiary/aromatic N) is 2. The number of halogens is 1. The monoisotopic (exact) mass is 470 g/mol. The molecule has 1 aliphatic heterocycles. The zero-order valence-electron chi connectivity index (χ0n) is 18.5. The van der Waals surface area contributed by atoms with Gasteiger partial charge in [-0.25, -0.2) is 4.79 Å². The first-order valence-corrected chi connectivity index (χ1v) is 11.6. The van der Waals surface area contributed by atoms with Crippen LogP contribution in [0.25, 0.3) is 11.1 Å². The van der Waals surface area contributed by atoms with Gasteiger partial charge in [0.2, 0.25) is 0 Å². The van der Waals surface area contributed by atoms with E-state index in [4.69, 9.17) is 20.8 Å². The van der Waals surface area contributed by atoms with Crippen LogP contribution in [0.3, 0.4) is 0 Å². The van der Waals surface area contributed by atoms with E-state index in [1.807, 2.05) is 18.2 Å². The second kappa shape index (κ2) is 10.3. The molecule has 0 radical (unpaired) electrons. The van der Waals surface area contributed by atoms with Gasteiger partial charge in [0.15, 0.2) is 11.7 Å². The van der Waals surface area contributed by atoms with Gasteiger partial charge >= 0.3 is 11.7 Å². The number of oxazole rings is 1. The molecule has 0 N–H and O–H groups in total. The number of hydrogen-bond donors (Lipinski definition) is 0. The molecule has 174 valence electrons. The third kappa shape index (κ3) is 5.66. The number of ether oxygens (including phenoxy) is 1. The van der Waals surface area contributed by atoms with Crippen LogP contribution in [0.5, 0.6) is 0 Å². The predicted molar refractivity (Wildman–Crippen MR) is 125 cm³/mol. The highest BCUT2D eigenvalue weighted by Crippen LogP contribution is 2.23. The molecule has 1 aliphatic rings. The topological polar surface area (TPSA) is 81.7 Å². The number of benzene rings is 2. The van der Waals surface area contributed by atoms with Gasteiger partial charge in [-0.2, -0.15) is 0 Å². The zero-order valence-corrected chi connectivity index (χ0v) is 19.3. The van der Waals surface area contributed by atoms with Gasteiger partial charge in [0, 0.05) is 30.7 Å². The van der Waals surface area contributed by atoms with Crippen molar-refractivity contribution in [3.05, 3.63) is 69.7 Å². The highest BCUT2D eigenvalue weighted by molar-refractivity contribution is 6.31. The number of hydrogen-bond acceptors (Lipinski definition) is 5. The molecule has 0 spiro atoms. The van der Waals surface area contributed by atoms with Crippen molar-refractivity contribution in [3.63, 3.8) is 0 Å². The number of piperidine rings is 1. The lowest BCUT2D eigenvalue weighted by atomic mass is 9.90. The molecule has 4 rings (SSSR count). The molecule has 8 heteroatoms. The van der Waals surface area contributed by atoms with Crippen LogP contribution in [0.15, 0.2) is 57.7 Å². The number of carbonyl (C=O) groups is 2. The first-order chi connectivity index (χ1) is 15.9. The summed E-state index contributed by atoms with van der Waals surface area (Å²) in [4.78, 5) is 38.9. The van der Waals surface area contributed by atoms with Crippen LogP contribution in [0.1, 0.15) is 31.7 Å². The van der Waals surface area contributed by atoms with Gasteiger partial charge in [-0.05, 0) is 49.8 Å². The van der Waals surface area contributed by atoms with Crippen LogP contribution in [0.4, 0.5) is 0 Å². The SMILES string of the molecule is CC(OC(=O)CCn1c(=O)oc2cc(Cl)ccc21)C(=O)N1CCC(Cc2ccccc2)CC1. The maximum absolute atomic E-state index is 12.8. The van der Waals surface area contributed by atoms with Gasteiger partial charge in [-0.15, -0.1) is 0 Å². The summed E-state index contributed by atoms with van der Waals surface area (Å²) in [6, 6.07) is 15.2. The Morgan fingerprint density at radius 3 is 2.61 bits per heavy atom. The molecule has 1 atom stereocenters. The summed E-state index contributed by atoms with van der Waals surface area (Å²) in [5.41, 5.74) is 2.23. The highest BCUT2D eigenvalue weighted by atomic mass is 35.5. The smallest absolute Gasteiger partial charge is 0.419 e. The van der Waals surface area contributed by atoms with Crippen LogP contribution >= 0.6 is 11.6 Å². The average Bonchev–Trinajstić information content (AvgIpc) is 3.12. The van der Waals surface area contributed by atoms with E-state index in [2.05, 4.69) is 12.1 Å². The molecule has 0 bridgehead atoms. The van der Waals surface area contributed by atoms with Gasteiger partial charge in [0.25, 0.3) is 5.91 Å². The largest absolute Gasteiger partial charge is 0.452 e. The number of likely N-dealkylation sites (tertiary alicyclic amines) is 1. The first kappa shape index (κ1) is 23.1. The number of fused-ring (bicyclic) bond motifs is 1. The Morgan fingerprint density at radius 2 is 1.88 bits per heavy atom. The predicted octanol–water partition coefficient (Wildman–Crippen LogP) is 4.05. The van der Waals surface area contributed by atoms with Crippen molar-refractivity contribution in [1.29, 1.82) is 0 Å². The summed E-state index contributed by atoms with van der Waals surface area (Å²) in [5, 5.41) is 0.458. The van der Waals surface area contributed by atoms with E-state index >= 15 is 0 Å². The minimum atomic E-state index is -0.861. The summed E-state index contributed by atoms with van der Waals surface area (Å²) < 4.78 is 11.9. The Balaban J connectivity index is 1.25. The maximum atomic E-state index is 12.8. The molecular formula is C25H27ClN2O5. The molecule has 1 unspecified atom stereocenters. The van der Waals surface area contributed by atoms with Crippen LogP contribution in [-0.2, 0) is 27.3 Å². The summed E-state index contributed by atoms with van der Waals surface area (Å²) in [6.07, 6.45) is 1.97. The van der Waals surface area contributed by atoms with E-state index in [1.165, 1.54) is 10.1 Å². The Kier molecular flexibility index (Phi) is 7.18. The van der Waals surface area contributed by atoms with Crippen molar-refractivity contribution in [3.8, 4) is 0 Å². The molecular weight excluding hydrogens is 444 g/mol. The van der Waals surface area contributed by atoms with Gasteiger partial charge in [-0.3, -0.25) is 14.2 Å². The molecule has 1 amide bonds. The lowest BCUT2D eigenvalue weighted by Crippen LogP contribution is -2.44. The summed E-state index contributed by atoms with van der Waals surface area (Å²) in [7, 11) is 0. The number of amides is 1. The molecule has 3 aromatic rings. The molecule has 2 heterocycles. The standard InChI is InChI=1S/C25H27ClN2O5/c1-17(24(30)27-12-9-19(10-13-27)15-18-5-3-2-4-6-18)32-23(29)11-14-28-21-8-7-20(26)16-22(21)33-25(28)31/h2-8,16-17,19H,9-15H2,1H3.